The Bertz CT molecular complexity index is 990. The molecule has 7 heteroatoms. The first-order chi connectivity index (χ1) is 13.6. The SMILES string of the molecule is COC(=O)c1ccccc1Nc1ccc(NC(=O)Cc2ccccc2F)cn1. The average Bonchev–Trinajstić information content (AvgIpc) is 2.71. The zero-order valence-corrected chi connectivity index (χ0v) is 15.1. The van der Waals surface area contributed by atoms with Gasteiger partial charge in [0.05, 0.1) is 36.7 Å². The molecule has 2 N–H and O–H groups in total. The lowest BCUT2D eigenvalue weighted by molar-refractivity contribution is -0.115. The molecule has 0 radical (unpaired) electrons. The van der Waals surface area contributed by atoms with Crippen molar-refractivity contribution < 1.29 is 18.7 Å². The summed E-state index contributed by atoms with van der Waals surface area (Å²) in [6.07, 6.45) is 1.40. The summed E-state index contributed by atoms with van der Waals surface area (Å²) in [6, 6.07) is 16.4. The fourth-order valence-electron chi connectivity index (χ4n) is 2.58. The number of halogens is 1. The first kappa shape index (κ1) is 19.0. The van der Waals surface area contributed by atoms with Gasteiger partial charge in [0.1, 0.15) is 11.6 Å². The van der Waals surface area contributed by atoms with Gasteiger partial charge in [-0.25, -0.2) is 14.2 Å². The van der Waals surface area contributed by atoms with Crippen LogP contribution in [-0.2, 0) is 16.0 Å². The molecule has 1 amide bonds. The third kappa shape index (κ3) is 4.70. The Hall–Kier alpha value is -3.74. The molecule has 0 fully saturated rings. The van der Waals surface area contributed by atoms with Crippen LogP contribution < -0.4 is 10.6 Å². The monoisotopic (exact) mass is 379 g/mol. The normalized spacial score (nSPS) is 10.2. The Balaban J connectivity index is 1.65. The number of para-hydroxylation sites is 1. The molecule has 0 atom stereocenters. The van der Waals surface area contributed by atoms with Gasteiger partial charge < -0.3 is 15.4 Å². The maximum absolute atomic E-state index is 13.6. The number of nitrogens with one attached hydrogen (secondary N) is 2. The van der Waals surface area contributed by atoms with E-state index in [2.05, 4.69) is 15.6 Å². The van der Waals surface area contributed by atoms with Crippen LogP contribution >= 0.6 is 0 Å². The minimum atomic E-state index is -0.458. The fraction of sp³-hybridized carbons (Fsp3) is 0.0952. The predicted octanol–water partition coefficient (Wildman–Crippen LogP) is 3.93. The minimum absolute atomic E-state index is 0.0703. The van der Waals surface area contributed by atoms with E-state index in [1.54, 1.807) is 54.6 Å². The van der Waals surface area contributed by atoms with Crippen molar-refractivity contribution in [3.63, 3.8) is 0 Å². The molecule has 6 nitrogen and oxygen atoms in total. The number of benzene rings is 2. The molecule has 0 saturated heterocycles. The first-order valence-electron chi connectivity index (χ1n) is 8.50. The van der Waals surface area contributed by atoms with Crippen LogP contribution in [0.2, 0.25) is 0 Å². The van der Waals surface area contributed by atoms with Crippen LogP contribution in [0.4, 0.5) is 21.6 Å². The Labute approximate surface area is 161 Å². The van der Waals surface area contributed by atoms with E-state index in [9.17, 15) is 14.0 Å². The van der Waals surface area contributed by atoms with Gasteiger partial charge in [0.15, 0.2) is 0 Å². The Kier molecular flexibility index (Phi) is 5.96. The number of methoxy groups -OCH3 is 1. The first-order valence-corrected chi connectivity index (χ1v) is 8.50. The van der Waals surface area contributed by atoms with Gasteiger partial charge in [0, 0.05) is 0 Å². The minimum Gasteiger partial charge on any atom is -0.465 e. The fourth-order valence-corrected chi connectivity index (χ4v) is 2.58. The van der Waals surface area contributed by atoms with Crippen molar-refractivity contribution in [2.75, 3.05) is 17.7 Å². The largest absolute Gasteiger partial charge is 0.465 e. The molecule has 0 aliphatic carbocycles. The molecule has 142 valence electrons. The van der Waals surface area contributed by atoms with E-state index in [-0.39, 0.29) is 12.3 Å². The van der Waals surface area contributed by atoms with Gasteiger partial charge in [-0.05, 0) is 35.9 Å². The summed E-state index contributed by atoms with van der Waals surface area (Å²) in [4.78, 5) is 28.1. The van der Waals surface area contributed by atoms with Crippen molar-refractivity contribution in [1.82, 2.24) is 4.98 Å². The Morgan fingerprint density at radius 2 is 1.79 bits per heavy atom. The molecule has 1 aromatic heterocycles. The standard InChI is InChI=1S/C21H18FN3O3/c1-28-21(27)16-7-3-5-9-18(16)25-19-11-10-15(13-23-19)24-20(26)12-14-6-2-4-8-17(14)22/h2-11,13H,12H2,1H3,(H,23,25)(H,24,26). The zero-order valence-electron chi connectivity index (χ0n) is 15.1. The molecule has 2 aromatic carbocycles. The number of ether oxygens (including phenoxy) is 1. The number of pyridine rings is 1. The topological polar surface area (TPSA) is 80.3 Å². The van der Waals surface area contributed by atoms with Gasteiger partial charge in [0.2, 0.25) is 5.91 Å². The summed E-state index contributed by atoms with van der Waals surface area (Å²) < 4.78 is 18.4. The molecule has 0 bridgehead atoms. The summed E-state index contributed by atoms with van der Waals surface area (Å²) in [6.45, 7) is 0. The van der Waals surface area contributed by atoms with Crippen LogP contribution in [0.5, 0.6) is 0 Å². The summed E-state index contributed by atoms with van der Waals surface area (Å²) in [7, 11) is 1.32. The number of amides is 1. The van der Waals surface area contributed by atoms with E-state index in [4.69, 9.17) is 4.74 Å². The maximum atomic E-state index is 13.6. The molecule has 0 aliphatic heterocycles. The molecule has 0 aliphatic rings. The quantitative estimate of drug-likeness (QED) is 0.635. The second kappa shape index (κ2) is 8.77. The van der Waals surface area contributed by atoms with Crippen LogP contribution in [0.1, 0.15) is 15.9 Å². The van der Waals surface area contributed by atoms with E-state index < -0.39 is 11.8 Å². The molecular weight excluding hydrogens is 361 g/mol. The van der Waals surface area contributed by atoms with Gasteiger partial charge in [-0.15, -0.1) is 0 Å². The van der Waals surface area contributed by atoms with Crippen molar-refractivity contribution in [3.05, 3.63) is 83.8 Å². The van der Waals surface area contributed by atoms with Crippen LogP contribution in [0, 0.1) is 5.82 Å². The number of nitrogens with zero attached hydrogens (tertiary/aromatic N) is 1. The number of anilines is 3. The molecule has 3 rings (SSSR count). The second-order valence-corrected chi connectivity index (χ2v) is 5.91. The maximum Gasteiger partial charge on any atom is 0.339 e. The van der Waals surface area contributed by atoms with Crippen LogP contribution in [0.25, 0.3) is 0 Å². The molecule has 28 heavy (non-hydrogen) atoms. The average molecular weight is 379 g/mol. The highest BCUT2D eigenvalue weighted by atomic mass is 19.1. The molecule has 0 saturated carbocycles. The van der Waals surface area contributed by atoms with E-state index in [1.165, 1.54) is 19.4 Å². The van der Waals surface area contributed by atoms with E-state index in [0.29, 0.717) is 28.3 Å². The van der Waals surface area contributed by atoms with Gasteiger partial charge in [-0.2, -0.15) is 0 Å². The van der Waals surface area contributed by atoms with Gasteiger partial charge in [-0.3, -0.25) is 4.79 Å². The number of hydrogen-bond acceptors (Lipinski definition) is 5. The number of aromatic nitrogens is 1. The lowest BCUT2D eigenvalue weighted by Crippen LogP contribution is -2.15. The van der Waals surface area contributed by atoms with E-state index >= 15 is 0 Å². The molecule has 1 heterocycles. The number of carbonyl (C=O) groups excluding carboxylic acids is 2. The number of hydrogen-bond donors (Lipinski definition) is 2. The number of carbonyl (C=O) groups is 2. The summed E-state index contributed by atoms with van der Waals surface area (Å²) in [5.74, 6) is -0.730. The van der Waals surface area contributed by atoms with E-state index in [1.807, 2.05) is 0 Å². The van der Waals surface area contributed by atoms with Gasteiger partial charge in [0.25, 0.3) is 0 Å². The summed E-state index contributed by atoms with van der Waals surface area (Å²) in [5, 5.41) is 5.72. The third-order valence-electron chi connectivity index (χ3n) is 3.95. The number of rotatable bonds is 6. The van der Waals surface area contributed by atoms with E-state index in [0.717, 1.165) is 0 Å². The predicted molar refractivity (Wildman–Crippen MR) is 104 cm³/mol. The number of esters is 1. The van der Waals surface area contributed by atoms with Crippen molar-refractivity contribution in [2.24, 2.45) is 0 Å². The Morgan fingerprint density at radius 1 is 1.04 bits per heavy atom. The van der Waals surface area contributed by atoms with Crippen molar-refractivity contribution in [3.8, 4) is 0 Å². The van der Waals surface area contributed by atoms with Crippen molar-refractivity contribution in [1.29, 1.82) is 0 Å². The lowest BCUT2D eigenvalue weighted by atomic mass is 10.1. The molecule has 0 spiro atoms. The third-order valence-corrected chi connectivity index (χ3v) is 3.95. The van der Waals surface area contributed by atoms with Crippen molar-refractivity contribution in [2.45, 2.75) is 6.42 Å². The highest BCUT2D eigenvalue weighted by molar-refractivity contribution is 5.96. The van der Waals surface area contributed by atoms with Crippen LogP contribution in [-0.4, -0.2) is 24.0 Å². The molecule has 0 unspecified atom stereocenters. The Morgan fingerprint density at radius 3 is 2.50 bits per heavy atom. The smallest absolute Gasteiger partial charge is 0.339 e. The van der Waals surface area contributed by atoms with Crippen LogP contribution in [0.3, 0.4) is 0 Å². The highest BCUT2D eigenvalue weighted by Gasteiger charge is 2.12. The van der Waals surface area contributed by atoms with Gasteiger partial charge in [-0.1, -0.05) is 30.3 Å². The second-order valence-electron chi connectivity index (χ2n) is 5.91. The molecule has 3 aromatic rings. The van der Waals surface area contributed by atoms with Gasteiger partial charge >= 0.3 is 5.97 Å². The zero-order chi connectivity index (χ0) is 19.9. The van der Waals surface area contributed by atoms with Crippen LogP contribution in [0.15, 0.2) is 66.9 Å². The highest BCUT2D eigenvalue weighted by Crippen LogP contribution is 2.21. The molecular formula is C21H18FN3O3. The van der Waals surface area contributed by atoms with Crippen molar-refractivity contribution >= 4 is 29.1 Å². The summed E-state index contributed by atoms with van der Waals surface area (Å²) in [5.41, 5.74) is 1.74. The lowest BCUT2D eigenvalue weighted by Gasteiger charge is -2.11. The summed E-state index contributed by atoms with van der Waals surface area (Å²) >= 11 is 0.